The van der Waals surface area contributed by atoms with Crippen molar-refractivity contribution >= 4 is 35.8 Å². The number of rotatable bonds is 10. The van der Waals surface area contributed by atoms with Crippen molar-refractivity contribution in [3.05, 3.63) is 127 Å². The first kappa shape index (κ1) is 46.0. The average Bonchev–Trinajstić information content (AvgIpc) is 4.11. The molecule has 6 aliphatic rings. The molecule has 356 valence electrons. The lowest BCUT2D eigenvalue weighted by Crippen LogP contribution is -2.48. The predicted octanol–water partition coefficient (Wildman–Crippen LogP) is 2.87. The van der Waals surface area contributed by atoms with Crippen molar-refractivity contribution in [2.45, 2.75) is 78.0 Å². The smallest absolute Gasteiger partial charge is 0.258 e. The Morgan fingerprint density at radius 2 is 1.00 bits per heavy atom. The van der Waals surface area contributed by atoms with Crippen LogP contribution in [0, 0.1) is 23.7 Å². The maximum absolute atomic E-state index is 13.5. The first-order valence-electron chi connectivity index (χ1n) is 22.7. The number of fused-ring (bicyclic) bond motifs is 10. The summed E-state index contributed by atoms with van der Waals surface area (Å²) in [4.78, 5) is 81.7. The number of allylic oxidation sites excluding steroid dienone is 2. The lowest BCUT2D eigenvalue weighted by molar-refractivity contribution is -0.136. The minimum atomic E-state index is -0.686. The van der Waals surface area contributed by atoms with Crippen LogP contribution in [0.1, 0.15) is 73.4 Å². The van der Waals surface area contributed by atoms with Crippen molar-refractivity contribution in [2.24, 2.45) is 23.7 Å². The molecule has 4 aromatic rings. The summed E-state index contributed by atoms with van der Waals surface area (Å²) in [5.41, 5.74) is 3.69. The van der Waals surface area contributed by atoms with Gasteiger partial charge in [0.25, 0.3) is 11.1 Å². The molecular weight excluding hydrogens is 877 g/mol. The zero-order chi connectivity index (χ0) is 48.0. The fraction of sp³-hybridized carbons (Fsp3) is 0.400. The monoisotopic (exact) mass is 930 g/mol. The number of carbonyl (C=O) groups excluding carboxylic acids is 4. The summed E-state index contributed by atoms with van der Waals surface area (Å²) < 4.78 is 24.8. The van der Waals surface area contributed by atoms with Gasteiger partial charge < -0.3 is 58.7 Å². The van der Waals surface area contributed by atoms with E-state index in [1.807, 2.05) is 50.2 Å². The summed E-state index contributed by atoms with van der Waals surface area (Å²) in [6.07, 6.45) is 7.08. The van der Waals surface area contributed by atoms with Gasteiger partial charge in [-0.25, -0.2) is 0 Å². The van der Waals surface area contributed by atoms with Gasteiger partial charge in [-0.15, -0.1) is 0 Å². The van der Waals surface area contributed by atoms with Crippen molar-refractivity contribution in [3.63, 3.8) is 0 Å². The molecule has 0 saturated carbocycles. The Labute approximate surface area is 391 Å². The van der Waals surface area contributed by atoms with E-state index in [1.165, 1.54) is 13.8 Å². The number of aliphatic hydroxyl groups is 2. The Bertz CT molecular complexity index is 2660. The predicted molar refractivity (Wildman–Crippen MR) is 246 cm³/mol. The molecule has 18 heteroatoms. The zero-order valence-electron chi connectivity index (χ0n) is 38.1. The molecule has 18 nitrogen and oxygen atoms in total. The summed E-state index contributed by atoms with van der Waals surface area (Å²) >= 11 is 0. The van der Waals surface area contributed by atoms with Gasteiger partial charge in [-0.3, -0.25) is 28.8 Å². The summed E-state index contributed by atoms with van der Waals surface area (Å²) in [5, 5.41) is 26.5. The Hall–Kier alpha value is -7.18. The zero-order valence-corrected chi connectivity index (χ0v) is 38.1. The number of aromatic nitrogens is 2. The summed E-state index contributed by atoms with van der Waals surface area (Å²) in [5.74, 6) is -0.677. The second-order valence-corrected chi connectivity index (χ2v) is 17.7. The fourth-order valence-electron chi connectivity index (χ4n) is 11.0. The molecule has 2 aromatic heterocycles. The standard InChI is InChI=1S/2C25H27N3O6/c2*1-3-4-16-6-7-18-23-22(17(12-29)19(28(23)14(2)30)11-27(18)25(16)32)24(31)26-10-15-5-8-20-21(9-15)34-13-33-20/h2*3-9,17,19,22-23,29H,10-13H2,1-2H3,(H,26,31)/b4-3+;4-3-/t2*17-,19-,22+,23+/m11/s1. The first-order chi connectivity index (χ1) is 32.9. The maximum atomic E-state index is 13.5. The molecule has 4 N–H and O–H groups in total. The molecule has 0 spiro atoms. The molecule has 2 saturated heterocycles. The second-order valence-electron chi connectivity index (χ2n) is 17.7. The van der Waals surface area contributed by atoms with Crippen LogP contribution in [0.2, 0.25) is 0 Å². The fourth-order valence-corrected chi connectivity index (χ4v) is 11.0. The normalized spacial score (nSPS) is 24.4. The summed E-state index contributed by atoms with van der Waals surface area (Å²) in [6, 6.07) is 15.9. The number of nitrogens with one attached hydrogen (secondary N) is 2. The molecule has 4 bridgehead atoms. The number of nitrogens with zero attached hydrogens (tertiary/aromatic N) is 4. The molecule has 10 rings (SSSR count). The Morgan fingerprint density at radius 3 is 1.37 bits per heavy atom. The Balaban J connectivity index is 0.000000170. The number of hydrogen-bond donors (Lipinski definition) is 4. The molecule has 0 aliphatic carbocycles. The highest BCUT2D eigenvalue weighted by atomic mass is 16.7. The molecule has 0 unspecified atom stereocenters. The van der Waals surface area contributed by atoms with E-state index < -0.39 is 47.8 Å². The second kappa shape index (κ2) is 18.8. The molecular formula is C50H54N6O12. The Kier molecular flexibility index (Phi) is 12.7. The molecule has 2 aromatic carbocycles. The molecule has 2 fully saturated rings. The van der Waals surface area contributed by atoms with Crippen LogP contribution < -0.4 is 40.7 Å². The van der Waals surface area contributed by atoms with Crippen molar-refractivity contribution < 1.29 is 48.3 Å². The highest BCUT2D eigenvalue weighted by Crippen LogP contribution is 2.50. The minimum Gasteiger partial charge on any atom is -0.454 e. The van der Waals surface area contributed by atoms with Gasteiger partial charge in [-0.05, 0) is 73.5 Å². The number of amides is 4. The van der Waals surface area contributed by atoms with Crippen LogP contribution >= 0.6 is 0 Å². The first-order valence-corrected chi connectivity index (χ1v) is 22.7. The molecule has 4 amide bonds. The SMILES string of the molecule is C/C=C/c1ccc2n(c1=O)C[C@@H]1[C@@H](CO)[C@H](C(=O)NCc3ccc4c(c3)OCO4)[C@H]2N1C(C)=O.C/C=C\c1ccc2n(c1=O)C[C@@H]1[C@@H](CO)[C@H](C(=O)NCc3ccc4c(c3)OCO4)[C@H]2N1C(C)=O. The lowest BCUT2D eigenvalue weighted by Gasteiger charge is -2.37. The highest BCUT2D eigenvalue weighted by Gasteiger charge is 2.58. The molecule has 68 heavy (non-hydrogen) atoms. The van der Waals surface area contributed by atoms with Crippen LogP contribution in [0.4, 0.5) is 0 Å². The van der Waals surface area contributed by atoms with Gasteiger partial charge in [0.05, 0.1) is 36.0 Å². The average molecular weight is 931 g/mol. The topological polar surface area (TPSA) is 220 Å². The van der Waals surface area contributed by atoms with Crippen LogP contribution in [0.15, 0.2) is 82.4 Å². The maximum Gasteiger partial charge on any atom is 0.258 e. The number of benzene rings is 2. The number of hydrogen-bond acceptors (Lipinski definition) is 12. The summed E-state index contributed by atoms with van der Waals surface area (Å²) in [6.45, 7) is 7.42. The largest absolute Gasteiger partial charge is 0.454 e. The number of ether oxygens (including phenoxy) is 4. The van der Waals surface area contributed by atoms with E-state index in [2.05, 4.69) is 10.6 Å². The van der Waals surface area contributed by atoms with Crippen LogP contribution in [-0.2, 0) is 45.4 Å². The molecule has 8 atom stereocenters. The number of aliphatic hydroxyl groups excluding tert-OH is 2. The third-order valence-corrected chi connectivity index (χ3v) is 14.0. The minimum absolute atomic E-state index is 0.160. The third kappa shape index (κ3) is 8.00. The molecule has 0 radical (unpaired) electrons. The van der Waals surface area contributed by atoms with Crippen molar-refractivity contribution in [3.8, 4) is 23.0 Å². The van der Waals surface area contributed by atoms with Crippen LogP contribution in [0.25, 0.3) is 12.2 Å². The van der Waals surface area contributed by atoms with E-state index >= 15 is 0 Å². The van der Waals surface area contributed by atoms with Crippen molar-refractivity contribution in [2.75, 3.05) is 26.8 Å². The van der Waals surface area contributed by atoms with Gasteiger partial charge in [-0.2, -0.15) is 0 Å². The van der Waals surface area contributed by atoms with Crippen molar-refractivity contribution in [1.82, 2.24) is 29.6 Å². The highest BCUT2D eigenvalue weighted by molar-refractivity contribution is 5.85. The number of carbonyl (C=O) groups is 4. The van der Waals surface area contributed by atoms with Gasteiger partial charge in [0.1, 0.15) is 0 Å². The lowest BCUT2D eigenvalue weighted by atomic mass is 9.86. The van der Waals surface area contributed by atoms with E-state index in [9.17, 15) is 39.0 Å². The van der Waals surface area contributed by atoms with Gasteiger partial charge in [0.2, 0.25) is 37.2 Å². The van der Waals surface area contributed by atoms with E-state index in [0.29, 0.717) is 45.5 Å². The van der Waals surface area contributed by atoms with E-state index in [4.69, 9.17) is 18.9 Å². The van der Waals surface area contributed by atoms with E-state index in [1.54, 1.807) is 67.5 Å². The number of pyridine rings is 2. The van der Waals surface area contributed by atoms with Gasteiger partial charge in [0, 0.05) is 87.6 Å². The summed E-state index contributed by atoms with van der Waals surface area (Å²) in [7, 11) is 0. The van der Waals surface area contributed by atoms with Crippen LogP contribution in [-0.4, -0.2) is 91.7 Å². The van der Waals surface area contributed by atoms with Crippen LogP contribution in [0.5, 0.6) is 23.0 Å². The van der Waals surface area contributed by atoms with Gasteiger partial charge >= 0.3 is 0 Å². The van der Waals surface area contributed by atoms with Gasteiger partial charge in [-0.1, -0.05) is 36.4 Å². The Morgan fingerprint density at radius 1 is 0.603 bits per heavy atom. The third-order valence-electron chi connectivity index (χ3n) is 14.0. The van der Waals surface area contributed by atoms with Crippen LogP contribution in [0.3, 0.4) is 0 Å². The van der Waals surface area contributed by atoms with E-state index in [-0.39, 0.29) is 87.7 Å². The quantitative estimate of drug-likeness (QED) is 0.181. The van der Waals surface area contributed by atoms with Crippen molar-refractivity contribution in [1.29, 1.82) is 0 Å². The van der Waals surface area contributed by atoms with E-state index in [0.717, 1.165) is 11.1 Å². The van der Waals surface area contributed by atoms with Gasteiger partial charge in [0.15, 0.2) is 23.0 Å². The molecule has 8 heterocycles. The molecule has 6 aliphatic heterocycles.